The lowest BCUT2D eigenvalue weighted by molar-refractivity contribution is 0.0928. The van der Waals surface area contributed by atoms with Gasteiger partial charge in [0, 0.05) is 30.9 Å². The number of imidazole rings is 1. The number of carbonyl (C=O) groups is 1. The van der Waals surface area contributed by atoms with Crippen LogP contribution in [0.2, 0.25) is 0 Å². The molecule has 33 heavy (non-hydrogen) atoms. The normalized spacial score (nSPS) is 20.9. The van der Waals surface area contributed by atoms with Crippen molar-refractivity contribution in [1.82, 2.24) is 24.5 Å². The van der Waals surface area contributed by atoms with Crippen molar-refractivity contribution in [3.63, 3.8) is 0 Å². The predicted molar refractivity (Wildman–Crippen MR) is 132 cm³/mol. The molecular weight excluding hydrogens is 464 g/mol. The van der Waals surface area contributed by atoms with E-state index in [-0.39, 0.29) is 18.5 Å². The summed E-state index contributed by atoms with van der Waals surface area (Å²) in [5, 5.41) is 10.2. The summed E-state index contributed by atoms with van der Waals surface area (Å²) in [6, 6.07) is 6.07. The number of rotatable bonds is 8. The van der Waals surface area contributed by atoms with Crippen LogP contribution in [-0.2, 0) is 7.05 Å². The van der Waals surface area contributed by atoms with Gasteiger partial charge in [-0.1, -0.05) is 23.9 Å². The van der Waals surface area contributed by atoms with Crippen LogP contribution in [0.4, 0.5) is 14.6 Å². The van der Waals surface area contributed by atoms with E-state index >= 15 is 0 Å². The SMILES string of the molecule is CC(F)c1cn2c(PC3CCC(NC(=O)c4cn(C)nc4NCC(F)P)CC3)cccc2n1. The summed E-state index contributed by atoms with van der Waals surface area (Å²) >= 11 is 0. The van der Waals surface area contributed by atoms with Crippen molar-refractivity contribution in [1.29, 1.82) is 0 Å². The molecule has 4 atom stereocenters. The van der Waals surface area contributed by atoms with Crippen LogP contribution in [0.25, 0.3) is 5.65 Å². The van der Waals surface area contributed by atoms with Gasteiger partial charge in [-0.2, -0.15) is 5.10 Å². The molecule has 3 heterocycles. The van der Waals surface area contributed by atoms with Crippen LogP contribution in [0.1, 0.15) is 54.8 Å². The molecule has 4 unspecified atom stereocenters. The Kier molecular flexibility index (Phi) is 7.60. The van der Waals surface area contributed by atoms with Crippen LogP contribution in [0.3, 0.4) is 0 Å². The van der Waals surface area contributed by atoms with Gasteiger partial charge in [0.05, 0.1) is 12.2 Å². The van der Waals surface area contributed by atoms with E-state index in [1.807, 2.05) is 16.5 Å². The van der Waals surface area contributed by atoms with E-state index in [4.69, 9.17) is 0 Å². The minimum atomic E-state index is -1.11. The monoisotopic (exact) mass is 494 g/mol. The molecule has 0 saturated heterocycles. The lowest BCUT2D eigenvalue weighted by Crippen LogP contribution is -2.38. The molecule has 2 N–H and O–H groups in total. The van der Waals surface area contributed by atoms with E-state index < -0.39 is 12.1 Å². The number of aromatic nitrogens is 4. The molecule has 0 bridgehead atoms. The van der Waals surface area contributed by atoms with Crippen molar-refractivity contribution in [2.24, 2.45) is 7.05 Å². The fourth-order valence-corrected chi connectivity index (χ4v) is 5.84. The summed E-state index contributed by atoms with van der Waals surface area (Å²) in [4.78, 5) is 17.2. The van der Waals surface area contributed by atoms with Gasteiger partial charge in [-0.05, 0) is 50.4 Å². The minimum absolute atomic E-state index is 0.0728. The van der Waals surface area contributed by atoms with Crippen LogP contribution in [0, 0.1) is 0 Å². The molecule has 0 aliphatic heterocycles. The van der Waals surface area contributed by atoms with E-state index in [2.05, 4.69) is 36.0 Å². The highest BCUT2D eigenvalue weighted by atomic mass is 31.1. The van der Waals surface area contributed by atoms with E-state index in [9.17, 15) is 13.6 Å². The van der Waals surface area contributed by atoms with Crippen LogP contribution >= 0.6 is 17.8 Å². The van der Waals surface area contributed by atoms with E-state index in [0.717, 1.165) is 36.8 Å². The first kappa shape index (κ1) is 24.0. The Hall–Kier alpha value is -2.11. The number of anilines is 1. The molecule has 1 fully saturated rings. The highest BCUT2D eigenvalue weighted by Gasteiger charge is 2.25. The highest BCUT2D eigenvalue weighted by molar-refractivity contribution is 7.47. The molecular formula is C22H30F2N6OP2. The number of carbonyl (C=O) groups excluding carboxylic acids is 1. The number of hydrogen-bond donors (Lipinski definition) is 2. The lowest BCUT2D eigenvalue weighted by Gasteiger charge is -2.29. The Labute approximate surface area is 196 Å². The summed E-state index contributed by atoms with van der Waals surface area (Å²) in [5.74, 6) is -0.906. The first-order valence-corrected chi connectivity index (χ1v) is 12.9. The second-order valence-electron chi connectivity index (χ2n) is 8.55. The second-order valence-corrected chi connectivity index (χ2v) is 10.9. The minimum Gasteiger partial charge on any atom is -0.365 e. The van der Waals surface area contributed by atoms with Crippen molar-refractivity contribution in [2.75, 3.05) is 11.9 Å². The third-order valence-electron chi connectivity index (χ3n) is 5.87. The largest absolute Gasteiger partial charge is 0.365 e. The van der Waals surface area contributed by atoms with Gasteiger partial charge in [0.25, 0.3) is 5.91 Å². The predicted octanol–water partition coefficient (Wildman–Crippen LogP) is 3.73. The van der Waals surface area contributed by atoms with Crippen molar-refractivity contribution in [3.05, 3.63) is 41.9 Å². The Morgan fingerprint density at radius 3 is 2.73 bits per heavy atom. The molecule has 0 spiro atoms. The fraction of sp³-hybridized carbons (Fsp3) is 0.500. The van der Waals surface area contributed by atoms with E-state index in [1.165, 1.54) is 6.92 Å². The zero-order chi connectivity index (χ0) is 23.5. The average molecular weight is 494 g/mol. The van der Waals surface area contributed by atoms with Gasteiger partial charge in [-0.25, -0.2) is 13.8 Å². The maximum Gasteiger partial charge on any atom is 0.256 e. The van der Waals surface area contributed by atoms with Gasteiger partial charge in [-0.15, -0.1) is 0 Å². The smallest absolute Gasteiger partial charge is 0.256 e. The van der Waals surface area contributed by atoms with Gasteiger partial charge >= 0.3 is 0 Å². The average Bonchev–Trinajstić information content (AvgIpc) is 3.38. The van der Waals surface area contributed by atoms with E-state index in [1.54, 1.807) is 24.1 Å². The zero-order valence-corrected chi connectivity index (χ0v) is 20.9. The summed E-state index contributed by atoms with van der Waals surface area (Å²) in [6.45, 7) is 1.58. The molecule has 7 nitrogen and oxygen atoms in total. The highest BCUT2D eigenvalue weighted by Crippen LogP contribution is 2.33. The molecule has 3 aromatic heterocycles. The Morgan fingerprint density at radius 1 is 1.27 bits per heavy atom. The lowest BCUT2D eigenvalue weighted by atomic mass is 9.95. The van der Waals surface area contributed by atoms with Crippen LogP contribution < -0.4 is 16.1 Å². The van der Waals surface area contributed by atoms with Crippen molar-refractivity contribution in [2.45, 2.75) is 56.4 Å². The zero-order valence-electron chi connectivity index (χ0n) is 18.8. The Bertz CT molecular complexity index is 1110. The molecule has 1 aliphatic rings. The molecule has 0 radical (unpaired) electrons. The van der Waals surface area contributed by atoms with E-state index in [0.29, 0.717) is 31.3 Å². The third kappa shape index (κ3) is 5.88. The molecule has 4 rings (SSSR count). The summed E-state index contributed by atoms with van der Waals surface area (Å²) < 4.78 is 30.4. The first-order chi connectivity index (χ1) is 15.8. The molecule has 1 aliphatic carbocycles. The first-order valence-electron chi connectivity index (χ1n) is 11.2. The van der Waals surface area contributed by atoms with Gasteiger partial charge in [0.1, 0.15) is 23.3 Å². The number of hydrogen-bond acceptors (Lipinski definition) is 4. The Morgan fingerprint density at radius 2 is 2.03 bits per heavy atom. The molecule has 11 heteroatoms. The van der Waals surface area contributed by atoms with Crippen molar-refractivity contribution in [3.8, 4) is 0 Å². The van der Waals surface area contributed by atoms with Crippen LogP contribution in [0.5, 0.6) is 0 Å². The maximum atomic E-state index is 13.7. The van der Waals surface area contributed by atoms with Gasteiger partial charge in [0.2, 0.25) is 0 Å². The summed E-state index contributed by atoms with van der Waals surface area (Å²) in [7, 11) is 4.41. The fourth-order valence-electron chi connectivity index (χ4n) is 4.17. The van der Waals surface area contributed by atoms with Crippen LogP contribution in [0.15, 0.2) is 30.6 Å². The molecule has 178 valence electrons. The van der Waals surface area contributed by atoms with Gasteiger partial charge in [0.15, 0.2) is 5.82 Å². The second kappa shape index (κ2) is 10.4. The number of nitrogens with zero attached hydrogens (tertiary/aromatic N) is 4. The summed E-state index contributed by atoms with van der Waals surface area (Å²) in [5.41, 5.74) is 3.35. The Balaban J connectivity index is 1.34. The number of aryl methyl sites for hydroxylation is 1. The number of pyridine rings is 1. The maximum absolute atomic E-state index is 13.7. The van der Waals surface area contributed by atoms with Gasteiger partial charge in [-0.3, -0.25) is 13.9 Å². The number of amides is 1. The number of nitrogens with one attached hydrogen (secondary N) is 2. The number of halogens is 2. The number of fused-ring (bicyclic) bond motifs is 1. The standard InChI is InChI=1S/C22H30F2N6OP2/c1-13(23)17-12-30-19(27-17)4-3-5-20(30)33-15-8-6-14(7-9-15)26-22(31)16-11-29(2)28-21(16)25-10-18(24)32/h3-5,11-15,18,33H,6-10,32H2,1-2H3,(H,25,28)(H,26,31). The van der Waals surface area contributed by atoms with Crippen molar-refractivity contribution < 1.29 is 13.6 Å². The topological polar surface area (TPSA) is 76.2 Å². The van der Waals surface area contributed by atoms with Crippen LogP contribution in [-0.4, -0.2) is 49.2 Å². The molecule has 0 aromatic carbocycles. The van der Waals surface area contributed by atoms with Crippen molar-refractivity contribution >= 4 is 40.6 Å². The quantitative estimate of drug-likeness (QED) is 0.468. The molecule has 1 amide bonds. The molecule has 3 aromatic rings. The number of alkyl halides is 2. The molecule has 1 saturated carbocycles. The summed E-state index contributed by atoms with van der Waals surface area (Å²) in [6.07, 6.45) is 6.18. The third-order valence-corrected chi connectivity index (χ3v) is 7.80. The van der Waals surface area contributed by atoms with Gasteiger partial charge < -0.3 is 10.6 Å².